The molecule has 0 aliphatic heterocycles. The smallest absolute Gasteiger partial charge is 0.119 e. The van der Waals surface area contributed by atoms with Crippen LogP contribution < -0.4 is 0 Å². The Kier molecular flexibility index (Phi) is 1.87. The molecule has 2 aliphatic rings. The molecule has 1 heteroatoms. The van der Waals surface area contributed by atoms with Crippen LogP contribution in [0.4, 0.5) is 0 Å². The Hall–Kier alpha value is -1.86. The monoisotopic (exact) mass is 234 g/mol. The standard InChI is InChI=1S/C17H14O/c18-17(11-13-6-2-4-8-15(13)17)16-10-9-12-5-1-3-7-14(12)16/h1-8,10,18H,9,11H2/t17-/m0/s1. The molecule has 4 rings (SSSR count). The normalized spacial score (nSPS) is 23.9. The van der Waals surface area contributed by atoms with Gasteiger partial charge >= 0.3 is 0 Å². The molecule has 0 saturated carbocycles. The van der Waals surface area contributed by atoms with Crippen molar-refractivity contribution in [3.05, 3.63) is 76.9 Å². The van der Waals surface area contributed by atoms with Crippen molar-refractivity contribution in [3.63, 3.8) is 0 Å². The molecule has 0 radical (unpaired) electrons. The van der Waals surface area contributed by atoms with E-state index in [1.807, 2.05) is 24.3 Å². The van der Waals surface area contributed by atoms with E-state index in [4.69, 9.17) is 0 Å². The van der Waals surface area contributed by atoms with Gasteiger partial charge in [-0.1, -0.05) is 54.6 Å². The van der Waals surface area contributed by atoms with Crippen LogP contribution in [0.25, 0.3) is 5.57 Å². The summed E-state index contributed by atoms with van der Waals surface area (Å²) in [5.41, 5.74) is 5.22. The van der Waals surface area contributed by atoms with Gasteiger partial charge in [-0.05, 0) is 34.2 Å². The molecule has 0 spiro atoms. The summed E-state index contributed by atoms with van der Waals surface area (Å²) < 4.78 is 0. The third-order valence-corrected chi connectivity index (χ3v) is 4.19. The van der Waals surface area contributed by atoms with E-state index in [2.05, 4.69) is 30.3 Å². The maximum Gasteiger partial charge on any atom is 0.119 e. The minimum absolute atomic E-state index is 0.739. The lowest BCUT2D eigenvalue weighted by molar-refractivity contribution is 0.0761. The number of hydrogen-bond acceptors (Lipinski definition) is 1. The predicted molar refractivity (Wildman–Crippen MR) is 72.2 cm³/mol. The molecule has 0 aromatic heterocycles. The van der Waals surface area contributed by atoms with Gasteiger partial charge in [0.25, 0.3) is 0 Å². The summed E-state index contributed by atoms with van der Waals surface area (Å²) >= 11 is 0. The zero-order chi connectivity index (χ0) is 12.2. The predicted octanol–water partition coefficient (Wildman–Crippen LogP) is 3.07. The minimum Gasteiger partial charge on any atom is -0.380 e. The van der Waals surface area contributed by atoms with E-state index in [1.165, 1.54) is 16.7 Å². The lowest BCUT2D eigenvalue weighted by Crippen LogP contribution is -2.39. The fourth-order valence-electron chi connectivity index (χ4n) is 3.26. The summed E-state index contributed by atoms with van der Waals surface area (Å²) in [5.74, 6) is 0. The van der Waals surface area contributed by atoms with Crippen molar-refractivity contribution in [2.24, 2.45) is 0 Å². The van der Waals surface area contributed by atoms with Crippen LogP contribution in [0.2, 0.25) is 0 Å². The first-order valence-corrected chi connectivity index (χ1v) is 6.39. The summed E-state index contributed by atoms with van der Waals surface area (Å²) in [6.45, 7) is 0. The van der Waals surface area contributed by atoms with Gasteiger partial charge in [-0.2, -0.15) is 0 Å². The molecule has 1 atom stereocenters. The first kappa shape index (κ1) is 10.1. The van der Waals surface area contributed by atoms with Crippen molar-refractivity contribution in [3.8, 4) is 0 Å². The molecular weight excluding hydrogens is 220 g/mol. The van der Waals surface area contributed by atoms with E-state index in [0.717, 1.165) is 24.0 Å². The highest BCUT2D eigenvalue weighted by Gasteiger charge is 2.45. The van der Waals surface area contributed by atoms with Crippen molar-refractivity contribution >= 4 is 5.57 Å². The lowest BCUT2D eigenvalue weighted by Gasteiger charge is -2.41. The van der Waals surface area contributed by atoms with Crippen LogP contribution in [-0.4, -0.2) is 5.11 Å². The number of aliphatic hydroxyl groups is 1. The second-order valence-corrected chi connectivity index (χ2v) is 5.17. The Morgan fingerprint density at radius 3 is 2.44 bits per heavy atom. The number of allylic oxidation sites excluding steroid dienone is 1. The van der Waals surface area contributed by atoms with Gasteiger partial charge in [0.1, 0.15) is 5.60 Å². The van der Waals surface area contributed by atoms with Gasteiger partial charge in [-0.25, -0.2) is 0 Å². The maximum absolute atomic E-state index is 10.9. The maximum atomic E-state index is 10.9. The minimum atomic E-state index is -0.761. The van der Waals surface area contributed by atoms with Gasteiger partial charge in [-0.3, -0.25) is 0 Å². The molecule has 88 valence electrons. The summed E-state index contributed by atoms with van der Waals surface area (Å²) in [4.78, 5) is 0. The lowest BCUT2D eigenvalue weighted by atomic mass is 9.68. The second-order valence-electron chi connectivity index (χ2n) is 5.17. The molecule has 0 unspecified atom stereocenters. The van der Waals surface area contributed by atoms with Crippen molar-refractivity contribution in [2.45, 2.75) is 18.4 Å². The Balaban J connectivity index is 1.84. The zero-order valence-electron chi connectivity index (χ0n) is 10.1. The van der Waals surface area contributed by atoms with Crippen LogP contribution in [0.1, 0.15) is 22.3 Å². The van der Waals surface area contributed by atoms with Crippen molar-refractivity contribution in [1.82, 2.24) is 0 Å². The number of rotatable bonds is 1. The van der Waals surface area contributed by atoms with Crippen LogP contribution in [0, 0.1) is 0 Å². The number of fused-ring (bicyclic) bond motifs is 2. The van der Waals surface area contributed by atoms with Crippen LogP contribution in [-0.2, 0) is 18.4 Å². The average Bonchev–Trinajstić information content (AvgIpc) is 2.81. The summed E-state index contributed by atoms with van der Waals surface area (Å²) in [7, 11) is 0. The third kappa shape index (κ3) is 1.15. The molecule has 1 nitrogen and oxygen atoms in total. The highest BCUT2D eigenvalue weighted by atomic mass is 16.3. The third-order valence-electron chi connectivity index (χ3n) is 4.19. The first-order valence-electron chi connectivity index (χ1n) is 6.39. The average molecular weight is 234 g/mol. The van der Waals surface area contributed by atoms with Gasteiger partial charge < -0.3 is 5.11 Å². The molecule has 0 fully saturated rings. The summed E-state index contributed by atoms with van der Waals surface area (Å²) in [5, 5.41) is 10.9. The SMILES string of the molecule is O[C@@]1(C2=CCc3ccccc32)Cc2ccccc21. The van der Waals surface area contributed by atoms with Crippen LogP contribution in [0.15, 0.2) is 54.6 Å². The Labute approximate surface area is 106 Å². The van der Waals surface area contributed by atoms with Crippen molar-refractivity contribution in [2.75, 3.05) is 0 Å². The quantitative estimate of drug-likeness (QED) is 0.804. The highest BCUT2D eigenvalue weighted by molar-refractivity contribution is 5.82. The Morgan fingerprint density at radius 2 is 1.61 bits per heavy atom. The number of hydrogen-bond donors (Lipinski definition) is 1. The summed E-state index contributed by atoms with van der Waals surface area (Å²) in [6, 6.07) is 16.6. The van der Waals surface area contributed by atoms with Crippen molar-refractivity contribution in [1.29, 1.82) is 0 Å². The number of benzene rings is 2. The van der Waals surface area contributed by atoms with Gasteiger partial charge in [-0.15, -0.1) is 0 Å². The van der Waals surface area contributed by atoms with Gasteiger partial charge in [0.05, 0.1) is 0 Å². The van der Waals surface area contributed by atoms with Gasteiger partial charge in [0, 0.05) is 6.42 Å². The van der Waals surface area contributed by atoms with E-state index in [0.29, 0.717) is 0 Å². The molecule has 2 aromatic rings. The topological polar surface area (TPSA) is 20.2 Å². The van der Waals surface area contributed by atoms with Crippen molar-refractivity contribution < 1.29 is 5.11 Å². The molecule has 0 heterocycles. The Bertz CT molecular complexity index is 669. The van der Waals surface area contributed by atoms with Gasteiger partial charge in [0.2, 0.25) is 0 Å². The Morgan fingerprint density at radius 1 is 0.889 bits per heavy atom. The van der Waals surface area contributed by atoms with E-state index in [-0.39, 0.29) is 0 Å². The van der Waals surface area contributed by atoms with E-state index in [9.17, 15) is 5.11 Å². The van der Waals surface area contributed by atoms with E-state index < -0.39 is 5.60 Å². The molecule has 1 N–H and O–H groups in total. The zero-order valence-corrected chi connectivity index (χ0v) is 10.1. The van der Waals surface area contributed by atoms with Crippen LogP contribution in [0.3, 0.4) is 0 Å². The fraction of sp³-hybridized carbons (Fsp3) is 0.176. The first-order chi connectivity index (χ1) is 8.79. The van der Waals surface area contributed by atoms with Crippen LogP contribution >= 0.6 is 0 Å². The van der Waals surface area contributed by atoms with E-state index in [1.54, 1.807) is 0 Å². The molecular formula is C17H14O. The molecule has 0 bridgehead atoms. The molecule has 2 aliphatic carbocycles. The molecule has 0 amide bonds. The van der Waals surface area contributed by atoms with Crippen LogP contribution in [0.5, 0.6) is 0 Å². The molecule has 2 aromatic carbocycles. The molecule has 18 heavy (non-hydrogen) atoms. The van der Waals surface area contributed by atoms with Gasteiger partial charge in [0.15, 0.2) is 0 Å². The second kappa shape index (κ2) is 3.33. The largest absolute Gasteiger partial charge is 0.380 e. The summed E-state index contributed by atoms with van der Waals surface area (Å²) in [6.07, 6.45) is 3.86. The highest BCUT2D eigenvalue weighted by Crippen LogP contribution is 2.50. The molecule has 0 saturated heterocycles. The fourth-order valence-corrected chi connectivity index (χ4v) is 3.26. The van der Waals surface area contributed by atoms with E-state index >= 15 is 0 Å².